The topological polar surface area (TPSA) is 29.0 Å². The van der Waals surface area contributed by atoms with Crippen molar-refractivity contribution in [2.24, 2.45) is 0 Å². The molecular weight excluding hydrogens is 258 g/mol. The van der Waals surface area contributed by atoms with E-state index in [0.717, 1.165) is 34.9 Å². The SMILES string of the molecule is Cc1cccc(CN(C)c2ncc(CCl)cc2C)n1. The first-order valence-corrected chi connectivity index (χ1v) is 6.79. The number of pyridine rings is 2. The van der Waals surface area contributed by atoms with Crippen LogP contribution in [0.5, 0.6) is 0 Å². The van der Waals surface area contributed by atoms with E-state index in [-0.39, 0.29) is 0 Å². The Balaban J connectivity index is 2.18. The van der Waals surface area contributed by atoms with Crippen molar-refractivity contribution in [1.82, 2.24) is 9.97 Å². The Morgan fingerprint density at radius 2 is 2.05 bits per heavy atom. The third kappa shape index (κ3) is 3.44. The van der Waals surface area contributed by atoms with Gasteiger partial charge in [0, 0.05) is 24.8 Å². The Morgan fingerprint density at radius 1 is 1.26 bits per heavy atom. The van der Waals surface area contributed by atoms with Crippen molar-refractivity contribution in [3.63, 3.8) is 0 Å². The van der Waals surface area contributed by atoms with Gasteiger partial charge in [-0.2, -0.15) is 0 Å². The lowest BCUT2D eigenvalue weighted by molar-refractivity contribution is 0.853. The van der Waals surface area contributed by atoms with Crippen LogP contribution in [0.4, 0.5) is 5.82 Å². The van der Waals surface area contributed by atoms with Crippen molar-refractivity contribution >= 4 is 17.4 Å². The third-order valence-electron chi connectivity index (χ3n) is 2.97. The Kier molecular flexibility index (Phi) is 4.38. The molecule has 0 aliphatic rings. The van der Waals surface area contributed by atoms with Crippen LogP contribution in [0.2, 0.25) is 0 Å². The van der Waals surface area contributed by atoms with E-state index in [1.807, 2.05) is 38.4 Å². The molecule has 0 fully saturated rings. The third-order valence-corrected chi connectivity index (χ3v) is 3.28. The van der Waals surface area contributed by atoms with Crippen molar-refractivity contribution in [1.29, 1.82) is 0 Å². The van der Waals surface area contributed by atoms with E-state index >= 15 is 0 Å². The molecule has 0 amide bonds. The van der Waals surface area contributed by atoms with Crippen molar-refractivity contribution in [2.75, 3.05) is 11.9 Å². The predicted molar refractivity (Wildman–Crippen MR) is 79.6 cm³/mol. The summed E-state index contributed by atoms with van der Waals surface area (Å²) in [6.45, 7) is 4.80. The van der Waals surface area contributed by atoms with Gasteiger partial charge in [0.05, 0.1) is 12.2 Å². The van der Waals surface area contributed by atoms with E-state index in [0.29, 0.717) is 5.88 Å². The molecule has 0 bridgehead atoms. The second-order valence-electron chi connectivity index (χ2n) is 4.74. The quantitative estimate of drug-likeness (QED) is 0.800. The lowest BCUT2D eigenvalue weighted by Gasteiger charge is -2.20. The largest absolute Gasteiger partial charge is 0.354 e. The number of rotatable bonds is 4. The Hall–Kier alpha value is -1.61. The number of anilines is 1. The number of nitrogens with zero attached hydrogens (tertiary/aromatic N) is 3. The summed E-state index contributed by atoms with van der Waals surface area (Å²) in [5, 5.41) is 0. The van der Waals surface area contributed by atoms with Crippen molar-refractivity contribution in [3.05, 3.63) is 53.0 Å². The minimum absolute atomic E-state index is 0.497. The second-order valence-corrected chi connectivity index (χ2v) is 5.01. The van der Waals surface area contributed by atoms with Crippen molar-refractivity contribution in [2.45, 2.75) is 26.3 Å². The van der Waals surface area contributed by atoms with Crippen LogP contribution >= 0.6 is 11.6 Å². The summed E-state index contributed by atoms with van der Waals surface area (Å²) >= 11 is 5.81. The summed E-state index contributed by atoms with van der Waals surface area (Å²) in [5.41, 5.74) is 4.26. The molecule has 0 radical (unpaired) electrons. The normalized spacial score (nSPS) is 10.5. The van der Waals surface area contributed by atoms with E-state index in [2.05, 4.69) is 27.9 Å². The van der Waals surface area contributed by atoms with E-state index in [4.69, 9.17) is 11.6 Å². The summed E-state index contributed by atoms with van der Waals surface area (Å²) in [6, 6.07) is 8.14. The van der Waals surface area contributed by atoms with E-state index in [9.17, 15) is 0 Å². The van der Waals surface area contributed by atoms with Gasteiger partial charge in [0.25, 0.3) is 0 Å². The molecule has 2 heterocycles. The van der Waals surface area contributed by atoms with E-state index in [1.165, 1.54) is 0 Å². The van der Waals surface area contributed by atoms with Crippen LogP contribution in [-0.4, -0.2) is 17.0 Å². The maximum absolute atomic E-state index is 5.81. The molecule has 19 heavy (non-hydrogen) atoms. The fourth-order valence-corrected chi connectivity index (χ4v) is 2.25. The molecule has 3 nitrogen and oxygen atoms in total. The zero-order chi connectivity index (χ0) is 13.8. The highest BCUT2D eigenvalue weighted by atomic mass is 35.5. The van der Waals surface area contributed by atoms with E-state index < -0.39 is 0 Å². The molecule has 2 aromatic rings. The zero-order valence-electron chi connectivity index (χ0n) is 11.5. The van der Waals surface area contributed by atoms with Crippen LogP contribution < -0.4 is 4.90 Å². The Labute approximate surface area is 119 Å². The van der Waals surface area contributed by atoms with Crippen LogP contribution in [0.1, 0.15) is 22.5 Å². The van der Waals surface area contributed by atoms with Gasteiger partial charge in [0.1, 0.15) is 5.82 Å². The highest BCUT2D eigenvalue weighted by molar-refractivity contribution is 6.17. The predicted octanol–water partition coefficient (Wildman–Crippen LogP) is 3.47. The van der Waals surface area contributed by atoms with Crippen LogP contribution in [0.15, 0.2) is 30.5 Å². The van der Waals surface area contributed by atoms with Crippen LogP contribution in [0, 0.1) is 13.8 Å². The molecule has 2 aromatic heterocycles. The molecule has 2 rings (SSSR count). The Bertz CT molecular complexity index is 569. The molecule has 0 aromatic carbocycles. The highest BCUT2D eigenvalue weighted by Gasteiger charge is 2.08. The minimum Gasteiger partial charge on any atom is -0.354 e. The average molecular weight is 276 g/mol. The molecule has 0 N–H and O–H groups in total. The van der Waals surface area contributed by atoms with Gasteiger partial charge in [-0.3, -0.25) is 4.98 Å². The van der Waals surface area contributed by atoms with Gasteiger partial charge >= 0.3 is 0 Å². The first kappa shape index (κ1) is 13.8. The van der Waals surface area contributed by atoms with Crippen LogP contribution in [0.3, 0.4) is 0 Å². The molecule has 0 spiro atoms. The molecule has 0 atom stereocenters. The molecular formula is C15H18ClN3. The monoisotopic (exact) mass is 275 g/mol. The summed E-state index contributed by atoms with van der Waals surface area (Å²) < 4.78 is 0. The van der Waals surface area contributed by atoms with Crippen molar-refractivity contribution in [3.8, 4) is 0 Å². The summed E-state index contributed by atoms with van der Waals surface area (Å²) in [5.74, 6) is 1.47. The number of alkyl halides is 1. The highest BCUT2D eigenvalue weighted by Crippen LogP contribution is 2.19. The first-order valence-electron chi connectivity index (χ1n) is 6.25. The smallest absolute Gasteiger partial charge is 0.131 e. The molecule has 0 aliphatic heterocycles. The van der Waals surface area contributed by atoms with Crippen LogP contribution in [0.25, 0.3) is 0 Å². The van der Waals surface area contributed by atoms with Gasteiger partial charge in [0.15, 0.2) is 0 Å². The van der Waals surface area contributed by atoms with Crippen molar-refractivity contribution < 1.29 is 0 Å². The number of aromatic nitrogens is 2. The maximum atomic E-state index is 5.81. The Morgan fingerprint density at radius 3 is 2.68 bits per heavy atom. The summed E-state index contributed by atoms with van der Waals surface area (Å²) in [4.78, 5) is 11.1. The zero-order valence-corrected chi connectivity index (χ0v) is 12.3. The summed E-state index contributed by atoms with van der Waals surface area (Å²) in [6.07, 6.45) is 1.83. The minimum atomic E-state index is 0.497. The maximum Gasteiger partial charge on any atom is 0.131 e. The van der Waals surface area contributed by atoms with Gasteiger partial charge in [0.2, 0.25) is 0 Å². The number of halogens is 1. The van der Waals surface area contributed by atoms with Gasteiger partial charge in [-0.25, -0.2) is 4.98 Å². The number of aryl methyl sites for hydroxylation is 2. The van der Waals surface area contributed by atoms with Crippen LogP contribution in [-0.2, 0) is 12.4 Å². The average Bonchev–Trinajstić information content (AvgIpc) is 2.38. The second kappa shape index (κ2) is 6.02. The molecule has 100 valence electrons. The molecule has 0 aliphatic carbocycles. The molecule has 0 saturated heterocycles. The standard InChI is InChI=1S/C15H18ClN3/c1-11-7-13(8-16)9-17-15(11)19(3)10-14-6-4-5-12(2)18-14/h4-7,9H,8,10H2,1-3H3. The van der Waals surface area contributed by atoms with E-state index in [1.54, 1.807) is 0 Å². The molecule has 0 saturated carbocycles. The van der Waals surface area contributed by atoms with Gasteiger partial charge < -0.3 is 4.90 Å². The lowest BCUT2D eigenvalue weighted by Crippen LogP contribution is -2.19. The van der Waals surface area contributed by atoms with Gasteiger partial charge in [-0.15, -0.1) is 11.6 Å². The number of hydrogen-bond donors (Lipinski definition) is 0. The fourth-order valence-electron chi connectivity index (χ4n) is 2.10. The first-order chi connectivity index (χ1) is 9.10. The lowest BCUT2D eigenvalue weighted by atomic mass is 10.2. The summed E-state index contributed by atoms with van der Waals surface area (Å²) in [7, 11) is 2.03. The molecule has 0 unspecified atom stereocenters. The van der Waals surface area contributed by atoms with Gasteiger partial charge in [-0.1, -0.05) is 6.07 Å². The molecule has 4 heteroatoms. The van der Waals surface area contributed by atoms with Gasteiger partial charge in [-0.05, 0) is 43.2 Å². The number of hydrogen-bond acceptors (Lipinski definition) is 3. The fraction of sp³-hybridized carbons (Fsp3) is 0.333.